The van der Waals surface area contributed by atoms with Crippen LogP contribution in [0.2, 0.25) is 0 Å². The number of nitrogens with zero attached hydrogens (tertiary/aromatic N) is 2. The molecule has 1 aromatic heterocycles. The van der Waals surface area contributed by atoms with Crippen molar-refractivity contribution in [3.63, 3.8) is 0 Å². The quantitative estimate of drug-likeness (QED) is 0.297. The van der Waals surface area contributed by atoms with Crippen LogP contribution < -0.4 is 10.2 Å². The lowest BCUT2D eigenvalue weighted by atomic mass is 10.0. The number of aliphatic hydroxyl groups is 1. The molecule has 4 rings (SSSR count). The highest BCUT2D eigenvalue weighted by molar-refractivity contribution is 6.04. The third-order valence-electron chi connectivity index (χ3n) is 7.11. The average molecular weight is 558 g/mol. The Morgan fingerprint density at radius 3 is 2.40 bits per heavy atom. The molecule has 0 unspecified atom stereocenters. The minimum atomic E-state index is -4.81. The molecular formula is C30H34F3N3O4. The van der Waals surface area contributed by atoms with Crippen molar-refractivity contribution < 1.29 is 33.0 Å². The molecule has 1 amide bonds. The van der Waals surface area contributed by atoms with Gasteiger partial charge in [0.05, 0.1) is 23.8 Å². The summed E-state index contributed by atoms with van der Waals surface area (Å²) >= 11 is 0. The van der Waals surface area contributed by atoms with E-state index in [1.165, 1.54) is 5.56 Å². The number of aliphatic carboxylic acids is 1. The van der Waals surface area contributed by atoms with E-state index in [1.807, 2.05) is 54.8 Å². The van der Waals surface area contributed by atoms with Gasteiger partial charge in [-0.3, -0.25) is 9.59 Å². The van der Waals surface area contributed by atoms with Crippen LogP contribution in [0.15, 0.2) is 54.6 Å². The van der Waals surface area contributed by atoms with Crippen LogP contribution in [0.5, 0.6) is 0 Å². The van der Waals surface area contributed by atoms with Crippen molar-refractivity contribution >= 4 is 23.3 Å². The number of carbonyl (C=O) groups is 2. The first-order chi connectivity index (χ1) is 18.9. The monoisotopic (exact) mass is 557 g/mol. The van der Waals surface area contributed by atoms with Crippen molar-refractivity contribution in [1.29, 1.82) is 0 Å². The van der Waals surface area contributed by atoms with Gasteiger partial charge in [0.15, 0.2) is 0 Å². The zero-order valence-electron chi connectivity index (χ0n) is 22.5. The molecule has 1 aliphatic heterocycles. The molecule has 1 saturated heterocycles. The normalized spacial score (nSPS) is 15.6. The highest BCUT2D eigenvalue weighted by Crippen LogP contribution is 2.40. The summed E-state index contributed by atoms with van der Waals surface area (Å²) in [6.45, 7) is 4.21. The molecule has 1 atom stereocenters. The second kappa shape index (κ2) is 12.2. The zero-order chi connectivity index (χ0) is 29.0. The Labute approximate surface area is 231 Å². The van der Waals surface area contributed by atoms with Crippen LogP contribution in [0.1, 0.15) is 65.6 Å². The first-order valence-corrected chi connectivity index (χ1v) is 13.4. The van der Waals surface area contributed by atoms with Crippen LogP contribution in [0, 0.1) is 0 Å². The molecule has 0 bridgehead atoms. The van der Waals surface area contributed by atoms with E-state index < -0.39 is 41.8 Å². The van der Waals surface area contributed by atoms with E-state index in [1.54, 1.807) is 11.0 Å². The number of nitrogens with one attached hydrogen (secondary N) is 1. The van der Waals surface area contributed by atoms with E-state index in [9.17, 15) is 33.0 Å². The van der Waals surface area contributed by atoms with Crippen molar-refractivity contribution in [3.8, 4) is 0 Å². The van der Waals surface area contributed by atoms with Crippen LogP contribution in [0.25, 0.3) is 0 Å². The molecule has 0 radical (unpaired) electrons. The number of β-amino-alcohol motifs (C(OH)–C–C–N with tert-alkyl or cyclic N) is 1. The Morgan fingerprint density at radius 2 is 1.80 bits per heavy atom. The number of aliphatic hydroxyl groups excluding tert-OH is 1. The van der Waals surface area contributed by atoms with Gasteiger partial charge in [-0.05, 0) is 74.9 Å². The number of amides is 1. The lowest BCUT2D eigenvalue weighted by molar-refractivity contribution is -0.137. The number of aromatic nitrogens is 1. The van der Waals surface area contributed by atoms with E-state index >= 15 is 0 Å². The molecule has 2 aromatic carbocycles. The first-order valence-electron chi connectivity index (χ1n) is 13.4. The van der Waals surface area contributed by atoms with Gasteiger partial charge in [0.25, 0.3) is 5.91 Å². The lowest BCUT2D eigenvalue weighted by Gasteiger charge is -2.25. The van der Waals surface area contributed by atoms with Crippen LogP contribution in [-0.2, 0) is 30.2 Å². The van der Waals surface area contributed by atoms with Crippen molar-refractivity contribution in [1.82, 2.24) is 4.57 Å². The molecule has 10 heteroatoms. The molecule has 1 aliphatic rings. The molecule has 3 aromatic rings. The number of aryl methyl sites for hydroxylation is 2. The number of carboxylic acids is 1. The molecule has 1 fully saturated rings. The van der Waals surface area contributed by atoms with Gasteiger partial charge in [-0.15, -0.1) is 0 Å². The topological polar surface area (TPSA) is 94.8 Å². The number of hydrogen-bond acceptors (Lipinski definition) is 4. The number of carbonyl (C=O) groups excluding carboxylic acids is 1. The molecular weight excluding hydrogens is 523 g/mol. The summed E-state index contributed by atoms with van der Waals surface area (Å²) in [5, 5.41) is 21.8. The summed E-state index contributed by atoms with van der Waals surface area (Å²) in [6.07, 6.45) is -3.30. The number of alkyl halides is 3. The molecule has 0 aliphatic carbocycles. The van der Waals surface area contributed by atoms with E-state index in [0.717, 1.165) is 30.7 Å². The molecule has 2 heterocycles. The van der Waals surface area contributed by atoms with Gasteiger partial charge in [0, 0.05) is 30.5 Å². The Balaban J connectivity index is 1.63. The third-order valence-corrected chi connectivity index (χ3v) is 7.11. The number of halogens is 3. The summed E-state index contributed by atoms with van der Waals surface area (Å²) < 4.78 is 44.4. The van der Waals surface area contributed by atoms with Crippen LogP contribution >= 0.6 is 0 Å². The van der Waals surface area contributed by atoms with Gasteiger partial charge in [-0.25, -0.2) is 0 Å². The number of benzene rings is 2. The third kappa shape index (κ3) is 6.85. The van der Waals surface area contributed by atoms with Crippen LogP contribution in [-0.4, -0.2) is 45.9 Å². The minimum Gasteiger partial charge on any atom is -0.481 e. The Bertz CT molecular complexity index is 1350. The van der Waals surface area contributed by atoms with Gasteiger partial charge in [0.2, 0.25) is 0 Å². The summed E-state index contributed by atoms with van der Waals surface area (Å²) in [4.78, 5) is 26.5. The summed E-state index contributed by atoms with van der Waals surface area (Å²) in [5.74, 6) is -1.93. The number of anilines is 2. The highest BCUT2D eigenvalue weighted by atomic mass is 19.4. The molecule has 214 valence electrons. The van der Waals surface area contributed by atoms with Gasteiger partial charge >= 0.3 is 12.1 Å². The maximum absolute atomic E-state index is 14.2. The Kier molecular flexibility index (Phi) is 8.88. The smallest absolute Gasteiger partial charge is 0.418 e. The number of carboxylic acid groups (broad SMARTS) is 1. The van der Waals surface area contributed by atoms with Gasteiger partial charge in [-0.2, -0.15) is 13.2 Å². The molecule has 0 saturated carbocycles. The van der Waals surface area contributed by atoms with Gasteiger partial charge in [0.1, 0.15) is 5.69 Å². The Hall–Kier alpha value is -3.79. The maximum Gasteiger partial charge on any atom is 0.418 e. The van der Waals surface area contributed by atoms with Crippen LogP contribution in [0.3, 0.4) is 0 Å². The van der Waals surface area contributed by atoms with E-state index in [4.69, 9.17) is 0 Å². The number of hydrogen-bond donors (Lipinski definition) is 3. The van der Waals surface area contributed by atoms with E-state index in [2.05, 4.69) is 5.32 Å². The summed E-state index contributed by atoms with van der Waals surface area (Å²) in [5.41, 5.74) is 0.982. The van der Waals surface area contributed by atoms with Crippen molar-refractivity contribution in [2.75, 3.05) is 23.3 Å². The second-order valence-electron chi connectivity index (χ2n) is 10.5. The number of rotatable bonds is 10. The van der Waals surface area contributed by atoms with E-state index in [-0.39, 0.29) is 29.5 Å². The zero-order valence-corrected chi connectivity index (χ0v) is 22.5. The predicted octanol–water partition coefficient (Wildman–Crippen LogP) is 5.71. The molecule has 40 heavy (non-hydrogen) atoms. The Morgan fingerprint density at radius 1 is 1.07 bits per heavy atom. The van der Waals surface area contributed by atoms with Crippen molar-refractivity contribution in [2.45, 2.75) is 64.3 Å². The first kappa shape index (κ1) is 29.2. The maximum atomic E-state index is 14.2. The average Bonchev–Trinajstić information content (AvgIpc) is 3.50. The fraction of sp³-hybridized carbons (Fsp3) is 0.400. The standard InChI is InChI=1S/C30H34F3N3O4/c1-19(2)36-22(10-6-9-20-7-4-3-5-8-20)11-12-26(36)29(40)34-25-15-21(16-28(38)39)27(17-24(25)30(31,32)33)35-14-13-23(37)18-35/h3-5,7-8,11-12,15,17,19,23,37H,6,9-10,13-14,16,18H2,1-2H3,(H,34,40)(H,38,39)/t23-/m1/s1. The van der Waals surface area contributed by atoms with Gasteiger partial charge < -0.3 is 25.0 Å². The predicted molar refractivity (Wildman–Crippen MR) is 147 cm³/mol. The molecule has 0 spiro atoms. The fourth-order valence-corrected chi connectivity index (χ4v) is 5.32. The SMILES string of the molecule is CC(C)n1c(CCCc2ccccc2)ccc1C(=O)Nc1cc(CC(=O)O)c(N2CC[C@@H](O)C2)cc1C(F)(F)F. The minimum absolute atomic E-state index is 0.0931. The van der Waals surface area contributed by atoms with Crippen molar-refractivity contribution in [2.24, 2.45) is 0 Å². The van der Waals surface area contributed by atoms with Crippen molar-refractivity contribution in [3.05, 3.63) is 82.7 Å². The van der Waals surface area contributed by atoms with E-state index in [0.29, 0.717) is 19.4 Å². The van der Waals surface area contributed by atoms with Gasteiger partial charge in [-0.1, -0.05) is 30.3 Å². The molecule has 3 N–H and O–H groups in total. The van der Waals surface area contributed by atoms with Crippen LogP contribution in [0.4, 0.5) is 24.5 Å². The summed E-state index contributed by atoms with van der Waals surface area (Å²) in [6, 6.07) is 15.3. The fourth-order valence-electron chi connectivity index (χ4n) is 5.32. The lowest BCUT2D eigenvalue weighted by Crippen LogP contribution is -2.25. The largest absolute Gasteiger partial charge is 0.481 e. The highest BCUT2D eigenvalue weighted by Gasteiger charge is 2.37. The second-order valence-corrected chi connectivity index (χ2v) is 10.5. The molecule has 7 nitrogen and oxygen atoms in total. The summed E-state index contributed by atoms with van der Waals surface area (Å²) in [7, 11) is 0.